The van der Waals surface area contributed by atoms with Crippen molar-refractivity contribution in [3.63, 3.8) is 0 Å². The summed E-state index contributed by atoms with van der Waals surface area (Å²) in [6.45, 7) is 2.49. The zero-order valence-corrected chi connectivity index (χ0v) is 12.0. The summed E-state index contributed by atoms with van der Waals surface area (Å²) in [7, 11) is -3.43. The zero-order valence-electron chi connectivity index (χ0n) is 11.2. The molecule has 1 aromatic heterocycles. The molecule has 0 unspecified atom stereocenters. The van der Waals surface area contributed by atoms with Gasteiger partial charge in [0.15, 0.2) is 15.7 Å². The van der Waals surface area contributed by atoms with Crippen molar-refractivity contribution in [2.75, 3.05) is 12.0 Å². The summed E-state index contributed by atoms with van der Waals surface area (Å²) >= 11 is 0. The van der Waals surface area contributed by atoms with Crippen molar-refractivity contribution in [3.05, 3.63) is 42.0 Å². The van der Waals surface area contributed by atoms with Gasteiger partial charge in [-0.2, -0.15) is 0 Å². The Morgan fingerprint density at radius 3 is 2.65 bits per heavy atom. The van der Waals surface area contributed by atoms with Crippen LogP contribution in [0.3, 0.4) is 0 Å². The van der Waals surface area contributed by atoms with Gasteiger partial charge in [0.05, 0.1) is 4.90 Å². The maximum Gasteiger partial charge on any atom is 0.228 e. The van der Waals surface area contributed by atoms with Gasteiger partial charge in [0.1, 0.15) is 0 Å². The number of anilines is 1. The lowest BCUT2D eigenvalue weighted by molar-refractivity contribution is 0.102. The monoisotopic (exact) mass is 293 g/mol. The average Bonchev–Trinajstić information content (AvgIpc) is 2.84. The standard InChI is InChI=1S/C13H15N3O3S/c1-3-16-5-4-15-13(16)12(17)9-6-10(14)8-11(7-9)20(2,18)19/h4-8H,3,14H2,1-2H3. The second-order valence-corrected chi connectivity index (χ2v) is 6.44. The summed E-state index contributed by atoms with van der Waals surface area (Å²) in [5, 5.41) is 0. The van der Waals surface area contributed by atoms with E-state index in [1.54, 1.807) is 10.8 Å². The van der Waals surface area contributed by atoms with Crippen LogP contribution in [-0.2, 0) is 16.4 Å². The van der Waals surface area contributed by atoms with Crippen LogP contribution in [0.4, 0.5) is 5.69 Å². The molecule has 2 rings (SSSR count). The Morgan fingerprint density at radius 2 is 2.05 bits per heavy atom. The van der Waals surface area contributed by atoms with Crippen LogP contribution in [0.2, 0.25) is 0 Å². The molecule has 0 aliphatic rings. The first-order valence-electron chi connectivity index (χ1n) is 5.99. The van der Waals surface area contributed by atoms with E-state index in [1.165, 1.54) is 24.4 Å². The summed E-state index contributed by atoms with van der Waals surface area (Å²) in [4.78, 5) is 16.4. The Morgan fingerprint density at radius 1 is 1.35 bits per heavy atom. The maximum absolute atomic E-state index is 12.4. The maximum atomic E-state index is 12.4. The van der Waals surface area contributed by atoms with E-state index in [9.17, 15) is 13.2 Å². The van der Waals surface area contributed by atoms with Gasteiger partial charge >= 0.3 is 0 Å². The fraction of sp³-hybridized carbons (Fsp3) is 0.231. The van der Waals surface area contributed by atoms with Gasteiger partial charge < -0.3 is 10.3 Å². The lowest BCUT2D eigenvalue weighted by Crippen LogP contribution is -2.12. The zero-order chi connectivity index (χ0) is 14.9. The SMILES string of the molecule is CCn1ccnc1C(=O)c1cc(N)cc(S(C)(=O)=O)c1. The highest BCUT2D eigenvalue weighted by molar-refractivity contribution is 7.90. The van der Waals surface area contributed by atoms with E-state index in [-0.39, 0.29) is 27.8 Å². The Bertz CT molecular complexity index is 763. The quantitative estimate of drug-likeness (QED) is 0.673. The molecule has 0 atom stereocenters. The van der Waals surface area contributed by atoms with Crippen LogP contribution in [0.15, 0.2) is 35.5 Å². The fourth-order valence-electron chi connectivity index (χ4n) is 1.87. The van der Waals surface area contributed by atoms with E-state index in [0.29, 0.717) is 6.54 Å². The van der Waals surface area contributed by atoms with E-state index < -0.39 is 9.84 Å². The number of hydrogen-bond donors (Lipinski definition) is 1. The van der Waals surface area contributed by atoms with Crippen LogP contribution in [-0.4, -0.2) is 30.0 Å². The van der Waals surface area contributed by atoms with Gasteiger partial charge in [0, 0.05) is 36.4 Å². The van der Waals surface area contributed by atoms with Gasteiger partial charge in [-0.25, -0.2) is 13.4 Å². The number of nitrogens with two attached hydrogens (primary N) is 1. The van der Waals surface area contributed by atoms with Crippen molar-refractivity contribution in [2.45, 2.75) is 18.4 Å². The van der Waals surface area contributed by atoms with Crippen molar-refractivity contribution in [1.29, 1.82) is 0 Å². The van der Waals surface area contributed by atoms with Crippen LogP contribution in [0, 0.1) is 0 Å². The minimum atomic E-state index is -3.43. The Kier molecular flexibility index (Phi) is 3.63. The Balaban J connectivity index is 2.53. The second-order valence-electron chi connectivity index (χ2n) is 4.43. The van der Waals surface area contributed by atoms with Gasteiger partial charge in [-0.3, -0.25) is 4.79 Å². The number of aromatic nitrogens is 2. The number of imidazole rings is 1. The van der Waals surface area contributed by atoms with Gasteiger partial charge in [-0.15, -0.1) is 0 Å². The molecule has 2 N–H and O–H groups in total. The van der Waals surface area contributed by atoms with Crippen LogP contribution in [0.25, 0.3) is 0 Å². The molecule has 0 aliphatic carbocycles. The molecule has 0 fully saturated rings. The molecule has 0 amide bonds. The third kappa shape index (κ3) is 2.72. The highest BCUT2D eigenvalue weighted by Crippen LogP contribution is 2.19. The molecule has 20 heavy (non-hydrogen) atoms. The van der Waals surface area contributed by atoms with Crippen molar-refractivity contribution in [3.8, 4) is 0 Å². The molecular formula is C13H15N3O3S. The first kappa shape index (κ1) is 14.3. The van der Waals surface area contributed by atoms with Gasteiger partial charge in [-0.1, -0.05) is 0 Å². The van der Waals surface area contributed by atoms with Crippen molar-refractivity contribution < 1.29 is 13.2 Å². The predicted molar refractivity (Wildman–Crippen MR) is 75.3 cm³/mol. The second kappa shape index (κ2) is 5.09. The molecule has 1 aromatic carbocycles. The molecule has 0 bridgehead atoms. The topological polar surface area (TPSA) is 95.0 Å². The number of carbonyl (C=O) groups excluding carboxylic acids is 1. The van der Waals surface area contributed by atoms with Crippen molar-refractivity contribution in [1.82, 2.24) is 9.55 Å². The summed E-state index contributed by atoms with van der Waals surface area (Å²) < 4.78 is 24.8. The third-order valence-electron chi connectivity index (χ3n) is 2.88. The largest absolute Gasteiger partial charge is 0.399 e. The Labute approximate surface area is 117 Å². The fourth-order valence-corrected chi connectivity index (χ4v) is 2.56. The number of rotatable bonds is 4. The summed E-state index contributed by atoms with van der Waals surface area (Å²) in [6, 6.07) is 4.10. The third-order valence-corrected chi connectivity index (χ3v) is 3.97. The minimum absolute atomic E-state index is 0.0236. The molecule has 0 aliphatic heterocycles. The normalized spacial score (nSPS) is 11.5. The number of aryl methyl sites for hydroxylation is 1. The highest BCUT2D eigenvalue weighted by atomic mass is 32.2. The van der Waals surface area contributed by atoms with E-state index in [4.69, 9.17) is 5.73 Å². The Hall–Kier alpha value is -2.15. The van der Waals surface area contributed by atoms with E-state index in [0.717, 1.165) is 6.26 Å². The number of carbonyl (C=O) groups is 1. The average molecular weight is 293 g/mol. The summed E-state index contributed by atoms with van der Waals surface area (Å²) in [6.07, 6.45) is 4.29. The van der Waals surface area contributed by atoms with E-state index in [1.807, 2.05) is 6.92 Å². The van der Waals surface area contributed by atoms with Crippen LogP contribution in [0.5, 0.6) is 0 Å². The minimum Gasteiger partial charge on any atom is -0.399 e. The molecule has 0 radical (unpaired) electrons. The molecule has 7 heteroatoms. The van der Waals surface area contributed by atoms with Gasteiger partial charge in [0.2, 0.25) is 5.78 Å². The first-order valence-corrected chi connectivity index (χ1v) is 7.88. The number of benzene rings is 1. The van der Waals surface area contributed by atoms with E-state index >= 15 is 0 Å². The highest BCUT2D eigenvalue weighted by Gasteiger charge is 2.18. The molecule has 1 heterocycles. The number of ketones is 1. The lowest BCUT2D eigenvalue weighted by atomic mass is 10.1. The van der Waals surface area contributed by atoms with Gasteiger partial charge in [-0.05, 0) is 25.1 Å². The molecule has 2 aromatic rings. The number of hydrogen-bond acceptors (Lipinski definition) is 5. The van der Waals surface area contributed by atoms with Crippen LogP contribution < -0.4 is 5.73 Å². The molecule has 0 saturated heterocycles. The number of nitrogens with zero attached hydrogens (tertiary/aromatic N) is 2. The number of sulfone groups is 1. The molecule has 0 spiro atoms. The van der Waals surface area contributed by atoms with Crippen molar-refractivity contribution in [2.24, 2.45) is 0 Å². The van der Waals surface area contributed by atoms with Crippen LogP contribution in [0.1, 0.15) is 23.1 Å². The number of nitrogen functional groups attached to an aromatic ring is 1. The predicted octanol–water partition coefficient (Wildman–Crippen LogP) is 1.12. The van der Waals surface area contributed by atoms with Crippen molar-refractivity contribution >= 4 is 21.3 Å². The lowest BCUT2D eigenvalue weighted by Gasteiger charge is -2.07. The van der Waals surface area contributed by atoms with Crippen LogP contribution >= 0.6 is 0 Å². The molecule has 106 valence electrons. The summed E-state index contributed by atoms with van der Waals surface area (Å²) in [5.41, 5.74) is 6.12. The smallest absolute Gasteiger partial charge is 0.228 e. The van der Waals surface area contributed by atoms with Gasteiger partial charge in [0.25, 0.3) is 0 Å². The van der Waals surface area contributed by atoms with E-state index in [2.05, 4.69) is 4.98 Å². The summed E-state index contributed by atoms with van der Waals surface area (Å²) in [5.74, 6) is -0.0911. The molecule has 0 saturated carbocycles. The first-order chi connectivity index (χ1) is 9.32. The molecular weight excluding hydrogens is 278 g/mol. The molecule has 6 nitrogen and oxygen atoms in total.